The van der Waals surface area contributed by atoms with E-state index in [1.165, 1.54) is 38.2 Å². The highest BCUT2D eigenvalue weighted by molar-refractivity contribution is 6.04. The number of amides is 4. The Bertz CT molecular complexity index is 1480. The molecule has 9 heteroatoms. The molecule has 3 aromatic rings. The molecule has 9 nitrogen and oxygen atoms in total. The Hall–Kier alpha value is -4.63. The van der Waals surface area contributed by atoms with Crippen LogP contribution in [-0.4, -0.2) is 55.0 Å². The molecule has 3 aromatic carbocycles. The van der Waals surface area contributed by atoms with Crippen molar-refractivity contribution in [2.75, 3.05) is 41.7 Å². The number of nitrogens with two attached hydrogens (primary N) is 1. The van der Waals surface area contributed by atoms with Crippen molar-refractivity contribution in [2.45, 2.75) is 57.5 Å². The van der Waals surface area contributed by atoms with E-state index in [4.69, 9.17) is 5.73 Å². The number of hydrogen-bond donors (Lipinski definition) is 4. The lowest BCUT2D eigenvalue weighted by molar-refractivity contribution is -0.111. The minimum absolute atomic E-state index is 0.243. The van der Waals surface area contributed by atoms with E-state index >= 15 is 0 Å². The molecule has 0 spiro atoms. The molecule has 1 saturated carbocycles. The molecular weight excluding hydrogens is 564 g/mol. The maximum absolute atomic E-state index is 13.1. The average molecular weight is 609 g/mol. The second-order valence-corrected chi connectivity index (χ2v) is 11.8. The molecule has 5 N–H and O–H groups in total. The summed E-state index contributed by atoms with van der Waals surface area (Å²) < 4.78 is 0. The summed E-state index contributed by atoms with van der Waals surface area (Å²) in [6.07, 6.45) is 10.5. The summed E-state index contributed by atoms with van der Waals surface area (Å²) in [6, 6.07) is 22.3. The molecule has 0 radical (unpaired) electrons. The molecule has 1 aliphatic carbocycles. The molecule has 4 amide bonds. The average Bonchev–Trinajstić information content (AvgIpc) is 3.07. The lowest BCUT2D eigenvalue weighted by Crippen LogP contribution is -2.51. The predicted octanol–water partition coefficient (Wildman–Crippen LogP) is 6.16. The normalized spacial score (nSPS) is 16.7. The molecule has 1 heterocycles. The zero-order valence-electron chi connectivity index (χ0n) is 26.0. The summed E-state index contributed by atoms with van der Waals surface area (Å²) in [5.41, 5.74) is 9.75. The van der Waals surface area contributed by atoms with Crippen molar-refractivity contribution in [1.82, 2.24) is 10.2 Å². The van der Waals surface area contributed by atoms with Gasteiger partial charge in [0.15, 0.2) is 0 Å². The quantitative estimate of drug-likeness (QED) is 0.205. The van der Waals surface area contributed by atoms with Crippen LogP contribution < -0.4 is 26.6 Å². The zero-order chi connectivity index (χ0) is 31.6. The Morgan fingerprint density at radius 3 is 2.27 bits per heavy atom. The van der Waals surface area contributed by atoms with Gasteiger partial charge in [-0.05, 0) is 66.8 Å². The van der Waals surface area contributed by atoms with Gasteiger partial charge < -0.3 is 26.6 Å². The van der Waals surface area contributed by atoms with E-state index in [1.807, 2.05) is 55.5 Å². The van der Waals surface area contributed by atoms with E-state index in [9.17, 15) is 14.4 Å². The Kier molecular flexibility index (Phi) is 10.9. The van der Waals surface area contributed by atoms with Crippen molar-refractivity contribution in [3.63, 3.8) is 0 Å². The first-order valence-electron chi connectivity index (χ1n) is 16.0. The highest BCUT2D eigenvalue weighted by Crippen LogP contribution is 2.32. The van der Waals surface area contributed by atoms with Crippen molar-refractivity contribution in [2.24, 2.45) is 5.73 Å². The Morgan fingerprint density at radius 2 is 1.60 bits per heavy atom. The monoisotopic (exact) mass is 608 g/mol. The van der Waals surface area contributed by atoms with Crippen LogP contribution in [-0.2, 0) is 4.79 Å². The van der Waals surface area contributed by atoms with Crippen molar-refractivity contribution >= 4 is 41.0 Å². The van der Waals surface area contributed by atoms with Gasteiger partial charge in [-0.25, -0.2) is 4.79 Å². The minimum Gasteiger partial charge on any atom is -0.367 e. The molecule has 1 unspecified atom stereocenters. The summed E-state index contributed by atoms with van der Waals surface area (Å²) >= 11 is 0. The number of benzene rings is 3. The topological polar surface area (TPSA) is 120 Å². The number of rotatable bonds is 10. The van der Waals surface area contributed by atoms with Gasteiger partial charge in [0.25, 0.3) is 0 Å². The Balaban J connectivity index is 1.29. The third-order valence-electron chi connectivity index (χ3n) is 8.80. The molecular formula is C36H44N6O3. The van der Waals surface area contributed by atoms with Gasteiger partial charge in [0.2, 0.25) is 11.8 Å². The third kappa shape index (κ3) is 8.73. The predicted molar refractivity (Wildman–Crippen MR) is 181 cm³/mol. The fraction of sp³-hybridized carbons (Fsp3) is 0.361. The number of anilines is 3. The molecule has 1 saturated heterocycles. The van der Waals surface area contributed by atoms with Crippen LogP contribution in [0.2, 0.25) is 0 Å². The Labute approximate surface area is 265 Å². The van der Waals surface area contributed by atoms with Gasteiger partial charge in [0.1, 0.15) is 0 Å². The van der Waals surface area contributed by atoms with Crippen LogP contribution in [0.5, 0.6) is 0 Å². The van der Waals surface area contributed by atoms with Crippen LogP contribution in [0.1, 0.15) is 73.0 Å². The SMILES string of the molecule is CCC(NC(=O)Nc1ccc(N2CCN(C3CCCCC3)CC2)c(NC(=O)/C=C/c2ccccc2)c1)c1ccc(C(N)=O)cc1. The maximum Gasteiger partial charge on any atom is 0.319 e. The number of urea groups is 1. The number of carbonyl (C=O) groups is 3. The van der Waals surface area contributed by atoms with Crippen LogP contribution in [0.15, 0.2) is 78.9 Å². The van der Waals surface area contributed by atoms with Crippen LogP contribution in [0.4, 0.5) is 21.9 Å². The van der Waals surface area contributed by atoms with Gasteiger partial charge in [-0.1, -0.05) is 68.7 Å². The van der Waals surface area contributed by atoms with Gasteiger partial charge >= 0.3 is 6.03 Å². The number of carbonyl (C=O) groups excluding carboxylic acids is 3. The molecule has 45 heavy (non-hydrogen) atoms. The first kappa shape index (κ1) is 31.8. The number of piperazine rings is 1. The number of hydrogen-bond acceptors (Lipinski definition) is 5. The molecule has 236 valence electrons. The van der Waals surface area contributed by atoms with Gasteiger partial charge in [0.05, 0.1) is 17.4 Å². The fourth-order valence-corrected chi connectivity index (χ4v) is 6.30. The molecule has 1 aliphatic heterocycles. The molecule has 0 aromatic heterocycles. The standard InChI is InChI=1S/C36H44N6O3/c1-2-31(27-14-16-28(17-15-27)35(37)44)40-36(45)38-29-18-19-33(42-23-21-41(22-24-42)30-11-7-4-8-12-30)32(25-29)39-34(43)20-13-26-9-5-3-6-10-26/h3,5-6,9-10,13-20,25,30-31H,2,4,7-8,11-12,21-24H2,1H3,(H2,37,44)(H,39,43)(H2,38,40,45)/b20-13+. The molecule has 2 fully saturated rings. The smallest absolute Gasteiger partial charge is 0.319 e. The molecule has 1 atom stereocenters. The number of nitrogens with one attached hydrogen (secondary N) is 3. The largest absolute Gasteiger partial charge is 0.367 e. The van der Waals surface area contributed by atoms with E-state index in [-0.39, 0.29) is 18.0 Å². The highest BCUT2D eigenvalue weighted by atomic mass is 16.2. The summed E-state index contributed by atoms with van der Waals surface area (Å²) in [7, 11) is 0. The molecule has 5 rings (SSSR count). The van der Waals surface area contributed by atoms with E-state index in [1.54, 1.807) is 30.3 Å². The van der Waals surface area contributed by atoms with Crippen molar-refractivity contribution in [3.8, 4) is 0 Å². The van der Waals surface area contributed by atoms with Crippen LogP contribution in [0.25, 0.3) is 6.08 Å². The lowest BCUT2D eigenvalue weighted by Gasteiger charge is -2.42. The summed E-state index contributed by atoms with van der Waals surface area (Å²) in [5.74, 6) is -0.735. The third-order valence-corrected chi connectivity index (χ3v) is 8.80. The first-order chi connectivity index (χ1) is 21.9. The van der Waals surface area contributed by atoms with Crippen molar-refractivity contribution in [1.29, 1.82) is 0 Å². The van der Waals surface area contributed by atoms with Gasteiger partial charge in [-0.3, -0.25) is 14.5 Å². The Morgan fingerprint density at radius 1 is 0.889 bits per heavy atom. The van der Waals surface area contributed by atoms with Crippen LogP contribution >= 0.6 is 0 Å². The van der Waals surface area contributed by atoms with Crippen molar-refractivity contribution in [3.05, 3.63) is 95.6 Å². The maximum atomic E-state index is 13.1. The summed E-state index contributed by atoms with van der Waals surface area (Å²) in [4.78, 5) is 42.5. The number of nitrogens with zero attached hydrogens (tertiary/aromatic N) is 2. The van der Waals surface area contributed by atoms with Crippen LogP contribution in [0.3, 0.4) is 0 Å². The zero-order valence-corrected chi connectivity index (χ0v) is 26.0. The van der Waals surface area contributed by atoms with E-state index < -0.39 is 5.91 Å². The second kappa shape index (κ2) is 15.4. The van der Waals surface area contributed by atoms with Crippen LogP contribution in [0, 0.1) is 0 Å². The fourth-order valence-electron chi connectivity index (χ4n) is 6.30. The van der Waals surface area contributed by atoms with Gasteiger partial charge in [0, 0.05) is 49.5 Å². The number of primary amides is 1. The summed E-state index contributed by atoms with van der Waals surface area (Å²) in [6.45, 7) is 5.71. The van der Waals surface area contributed by atoms with E-state index in [0.29, 0.717) is 29.4 Å². The van der Waals surface area contributed by atoms with Gasteiger partial charge in [-0.2, -0.15) is 0 Å². The minimum atomic E-state index is -0.492. The van der Waals surface area contributed by atoms with Crippen molar-refractivity contribution < 1.29 is 14.4 Å². The lowest BCUT2D eigenvalue weighted by atomic mass is 9.94. The molecule has 2 aliphatic rings. The first-order valence-corrected chi connectivity index (χ1v) is 16.0. The molecule has 0 bridgehead atoms. The second-order valence-electron chi connectivity index (χ2n) is 11.8. The summed E-state index contributed by atoms with van der Waals surface area (Å²) in [5, 5.41) is 9.02. The van der Waals surface area contributed by atoms with E-state index in [2.05, 4.69) is 25.8 Å². The van der Waals surface area contributed by atoms with Gasteiger partial charge in [-0.15, -0.1) is 0 Å². The van der Waals surface area contributed by atoms with E-state index in [0.717, 1.165) is 43.0 Å². The highest BCUT2D eigenvalue weighted by Gasteiger charge is 2.26.